The second-order valence-corrected chi connectivity index (χ2v) is 5.14. The molecule has 96 valence electrons. The minimum Gasteiger partial charge on any atom is -0.478 e. The van der Waals surface area contributed by atoms with Crippen molar-refractivity contribution < 1.29 is 14.7 Å². The van der Waals surface area contributed by atoms with Crippen molar-refractivity contribution in [1.29, 1.82) is 0 Å². The molecule has 0 saturated carbocycles. The van der Waals surface area contributed by atoms with Crippen molar-refractivity contribution in [3.05, 3.63) is 28.2 Å². The van der Waals surface area contributed by atoms with Gasteiger partial charge in [-0.15, -0.1) is 0 Å². The van der Waals surface area contributed by atoms with Gasteiger partial charge in [0.15, 0.2) is 0 Å². The molecule has 0 aromatic heterocycles. The van der Waals surface area contributed by atoms with Crippen LogP contribution in [0.2, 0.25) is 0 Å². The highest BCUT2D eigenvalue weighted by Gasteiger charge is 2.31. The van der Waals surface area contributed by atoms with E-state index in [0.29, 0.717) is 29.7 Å². The zero-order chi connectivity index (χ0) is 13.3. The Kier molecular flexibility index (Phi) is 3.68. The average molecular weight is 313 g/mol. The number of halogens is 1. The van der Waals surface area contributed by atoms with Gasteiger partial charge in [0.25, 0.3) is 0 Å². The fraction of sp³-hybridized carbons (Fsp3) is 0.333. The first-order valence-corrected chi connectivity index (χ1v) is 6.35. The number of nitrogens with zero attached hydrogens (tertiary/aromatic N) is 1. The smallest absolute Gasteiger partial charge is 0.335 e. The van der Waals surface area contributed by atoms with Crippen LogP contribution < -0.4 is 10.6 Å². The maximum absolute atomic E-state index is 11.9. The van der Waals surface area contributed by atoms with E-state index < -0.39 is 5.97 Å². The molecular formula is C12H13BrN2O3. The number of nitrogens with two attached hydrogens (primary N) is 1. The standard InChI is InChI=1S/C12H13BrN2O3/c13-9-2-1-8(12(17)18)4-10(9)15-6-7(5-14)3-11(15)16/h1-2,4,7H,3,5-6,14H2,(H,17,18). The molecular weight excluding hydrogens is 300 g/mol. The van der Waals surface area contributed by atoms with Gasteiger partial charge in [0.1, 0.15) is 0 Å². The van der Waals surface area contributed by atoms with Gasteiger partial charge >= 0.3 is 5.97 Å². The predicted octanol–water partition coefficient (Wildman–Crippen LogP) is 1.46. The van der Waals surface area contributed by atoms with Crippen LogP contribution in [0.5, 0.6) is 0 Å². The number of carbonyl (C=O) groups is 2. The van der Waals surface area contributed by atoms with E-state index >= 15 is 0 Å². The molecule has 1 fully saturated rings. The molecule has 3 N–H and O–H groups in total. The van der Waals surface area contributed by atoms with Crippen molar-refractivity contribution in [2.24, 2.45) is 11.7 Å². The second kappa shape index (κ2) is 5.07. The van der Waals surface area contributed by atoms with Crippen molar-refractivity contribution in [3.63, 3.8) is 0 Å². The summed E-state index contributed by atoms with van der Waals surface area (Å²) in [6.07, 6.45) is 0.417. The number of benzene rings is 1. The predicted molar refractivity (Wildman–Crippen MR) is 70.6 cm³/mol. The Balaban J connectivity index is 2.35. The number of carbonyl (C=O) groups excluding carboxylic acids is 1. The molecule has 1 aliphatic rings. The van der Waals surface area contributed by atoms with Crippen molar-refractivity contribution in [2.75, 3.05) is 18.0 Å². The fourth-order valence-corrected chi connectivity index (χ4v) is 2.49. The highest BCUT2D eigenvalue weighted by atomic mass is 79.9. The van der Waals surface area contributed by atoms with Crippen LogP contribution in [0.3, 0.4) is 0 Å². The minimum absolute atomic E-state index is 0.0197. The molecule has 0 radical (unpaired) electrons. The van der Waals surface area contributed by atoms with Crippen LogP contribution in [-0.2, 0) is 4.79 Å². The molecule has 0 aliphatic carbocycles. The van der Waals surface area contributed by atoms with Gasteiger partial charge in [0.05, 0.1) is 11.3 Å². The molecule has 1 aliphatic heterocycles. The van der Waals surface area contributed by atoms with Gasteiger partial charge in [0.2, 0.25) is 5.91 Å². The van der Waals surface area contributed by atoms with E-state index in [-0.39, 0.29) is 17.4 Å². The summed E-state index contributed by atoms with van der Waals surface area (Å²) in [6.45, 7) is 0.996. The van der Waals surface area contributed by atoms with E-state index in [0.717, 1.165) is 0 Å². The van der Waals surface area contributed by atoms with Gasteiger partial charge in [0, 0.05) is 17.4 Å². The molecule has 1 saturated heterocycles. The summed E-state index contributed by atoms with van der Waals surface area (Å²) in [7, 11) is 0. The topological polar surface area (TPSA) is 83.6 Å². The van der Waals surface area contributed by atoms with Gasteiger partial charge in [-0.3, -0.25) is 4.79 Å². The Morgan fingerprint density at radius 3 is 2.83 bits per heavy atom. The van der Waals surface area contributed by atoms with Crippen molar-refractivity contribution in [3.8, 4) is 0 Å². The third-order valence-corrected chi connectivity index (χ3v) is 3.69. The number of anilines is 1. The summed E-state index contributed by atoms with van der Waals surface area (Å²) in [4.78, 5) is 24.4. The van der Waals surface area contributed by atoms with Crippen molar-refractivity contribution in [1.82, 2.24) is 0 Å². The largest absolute Gasteiger partial charge is 0.478 e. The number of aromatic carboxylic acids is 1. The van der Waals surface area contributed by atoms with E-state index in [2.05, 4.69) is 15.9 Å². The third-order valence-electron chi connectivity index (χ3n) is 3.02. The van der Waals surface area contributed by atoms with E-state index in [1.54, 1.807) is 11.0 Å². The van der Waals surface area contributed by atoms with E-state index in [1.165, 1.54) is 12.1 Å². The summed E-state index contributed by atoms with van der Waals surface area (Å²) in [6, 6.07) is 4.64. The highest BCUT2D eigenvalue weighted by molar-refractivity contribution is 9.10. The normalized spacial score (nSPS) is 19.3. The van der Waals surface area contributed by atoms with Crippen molar-refractivity contribution in [2.45, 2.75) is 6.42 Å². The maximum Gasteiger partial charge on any atom is 0.335 e. The zero-order valence-electron chi connectivity index (χ0n) is 9.60. The Bertz CT molecular complexity index is 504. The second-order valence-electron chi connectivity index (χ2n) is 4.28. The summed E-state index contributed by atoms with van der Waals surface area (Å²) in [5, 5.41) is 8.97. The number of carboxylic acid groups (broad SMARTS) is 1. The van der Waals surface area contributed by atoms with Gasteiger partial charge in [-0.25, -0.2) is 4.79 Å². The molecule has 5 nitrogen and oxygen atoms in total. The Labute approximate surface area is 113 Å². The van der Waals surface area contributed by atoms with E-state index in [1.807, 2.05) is 0 Å². The SMILES string of the molecule is NCC1CC(=O)N(c2cc(C(=O)O)ccc2Br)C1. The minimum atomic E-state index is -1.01. The quantitative estimate of drug-likeness (QED) is 0.885. The molecule has 1 aromatic carbocycles. The van der Waals surface area contributed by atoms with Gasteiger partial charge < -0.3 is 15.7 Å². The summed E-state index contributed by atoms with van der Waals surface area (Å²) >= 11 is 3.34. The number of amides is 1. The monoisotopic (exact) mass is 312 g/mol. The fourth-order valence-electron chi connectivity index (χ4n) is 2.02. The molecule has 2 rings (SSSR count). The lowest BCUT2D eigenvalue weighted by atomic mass is 10.1. The lowest BCUT2D eigenvalue weighted by Crippen LogP contribution is -2.26. The number of rotatable bonds is 3. The lowest BCUT2D eigenvalue weighted by molar-refractivity contribution is -0.117. The Morgan fingerprint density at radius 2 is 2.28 bits per heavy atom. The third kappa shape index (κ3) is 2.39. The van der Waals surface area contributed by atoms with Crippen LogP contribution in [0, 0.1) is 5.92 Å². The molecule has 1 unspecified atom stereocenters. The van der Waals surface area contributed by atoms with Crippen LogP contribution in [0.25, 0.3) is 0 Å². The van der Waals surface area contributed by atoms with Crippen LogP contribution in [0.1, 0.15) is 16.8 Å². The van der Waals surface area contributed by atoms with Gasteiger partial charge in [-0.05, 0) is 46.6 Å². The molecule has 6 heteroatoms. The number of hydrogen-bond donors (Lipinski definition) is 2. The number of hydrogen-bond acceptors (Lipinski definition) is 3. The molecule has 1 atom stereocenters. The molecule has 0 bridgehead atoms. The summed E-state index contributed by atoms with van der Waals surface area (Å²) in [5.74, 6) is -0.891. The van der Waals surface area contributed by atoms with Gasteiger partial charge in [-0.2, -0.15) is 0 Å². The van der Waals surface area contributed by atoms with Crippen LogP contribution in [0.15, 0.2) is 22.7 Å². The number of carboxylic acids is 1. The molecule has 0 spiro atoms. The van der Waals surface area contributed by atoms with Gasteiger partial charge in [-0.1, -0.05) is 0 Å². The molecule has 18 heavy (non-hydrogen) atoms. The Morgan fingerprint density at radius 1 is 1.56 bits per heavy atom. The molecule has 1 amide bonds. The zero-order valence-corrected chi connectivity index (χ0v) is 11.2. The average Bonchev–Trinajstić information content (AvgIpc) is 2.71. The molecule has 1 heterocycles. The lowest BCUT2D eigenvalue weighted by Gasteiger charge is -2.18. The maximum atomic E-state index is 11.9. The Hall–Kier alpha value is -1.40. The first-order valence-electron chi connectivity index (χ1n) is 5.56. The van der Waals surface area contributed by atoms with E-state index in [9.17, 15) is 9.59 Å². The van der Waals surface area contributed by atoms with Crippen molar-refractivity contribution >= 4 is 33.5 Å². The summed E-state index contributed by atoms with van der Waals surface area (Å²) < 4.78 is 0.707. The van der Waals surface area contributed by atoms with E-state index in [4.69, 9.17) is 10.8 Å². The van der Waals surface area contributed by atoms with Crippen LogP contribution >= 0.6 is 15.9 Å². The molecule has 1 aromatic rings. The first-order chi connectivity index (χ1) is 8.52. The first kappa shape index (κ1) is 13.0. The summed E-state index contributed by atoms with van der Waals surface area (Å²) in [5.41, 5.74) is 6.33. The van der Waals surface area contributed by atoms with Crippen LogP contribution in [-0.4, -0.2) is 30.1 Å². The highest BCUT2D eigenvalue weighted by Crippen LogP contribution is 2.32. The van der Waals surface area contributed by atoms with Crippen LogP contribution in [0.4, 0.5) is 5.69 Å².